The van der Waals surface area contributed by atoms with Gasteiger partial charge in [0.25, 0.3) is 5.69 Å². The predicted molar refractivity (Wildman–Crippen MR) is 86.4 cm³/mol. The van der Waals surface area contributed by atoms with E-state index in [1.807, 2.05) is 13.8 Å². The minimum Gasteiger partial charge on any atom is -0.338 e. The van der Waals surface area contributed by atoms with Gasteiger partial charge in [-0.3, -0.25) is 14.8 Å². The summed E-state index contributed by atoms with van der Waals surface area (Å²) in [6.45, 7) is 4.37. The number of nitrogens with one attached hydrogen (secondary N) is 2. The number of amides is 2. The standard InChI is InChI=1S/C15H19N5O3/c1-11(2)19-10-13(9-17-19)18-15(21)16-7-6-12-4-3-5-14(8-12)20(22)23/h3-5,8-11H,6-7H2,1-2H3,(H2,16,18,21). The molecule has 0 bridgehead atoms. The van der Waals surface area contributed by atoms with Crippen molar-refractivity contribution >= 4 is 17.4 Å². The van der Waals surface area contributed by atoms with Gasteiger partial charge in [0.15, 0.2) is 0 Å². The quantitative estimate of drug-likeness (QED) is 0.631. The maximum Gasteiger partial charge on any atom is 0.319 e. The number of urea groups is 1. The van der Waals surface area contributed by atoms with Gasteiger partial charge in [0.2, 0.25) is 0 Å². The van der Waals surface area contributed by atoms with Crippen LogP contribution >= 0.6 is 0 Å². The van der Waals surface area contributed by atoms with E-state index >= 15 is 0 Å². The second kappa shape index (κ2) is 7.39. The SMILES string of the molecule is CC(C)n1cc(NC(=O)NCCc2cccc([N+](=O)[O-])c2)cn1. The zero-order valence-electron chi connectivity index (χ0n) is 13.0. The Morgan fingerprint density at radius 2 is 2.22 bits per heavy atom. The number of carbonyl (C=O) groups excluding carboxylic acids is 1. The summed E-state index contributed by atoms with van der Waals surface area (Å²) in [5.74, 6) is 0. The summed E-state index contributed by atoms with van der Waals surface area (Å²) < 4.78 is 1.75. The molecule has 2 N–H and O–H groups in total. The van der Waals surface area contributed by atoms with Crippen molar-refractivity contribution in [2.24, 2.45) is 0 Å². The Morgan fingerprint density at radius 1 is 1.43 bits per heavy atom. The lowest BCUT2D eigenvalue weighted by molar-refractivity contribution is -0.384. The molecular formula is C15H19N5O3. The molecule has 8 heteroatoms. The fraction of sp³-hybridized carbons (Fsp3) is 0.333. The van der Waals surface area contributed by atoms with Gasteiger partial charge >= 0.3 is 6.03 Å². The van der Waals surface area contributed by atoms with Crippen molar-refractivity contribution in [1.29, 1.82) is 0 Å². The molecule has 0 saturated heterocycles. The molecule has 2 amide bonds. The number of nitro benzene ring substituents is 1. The van der Waals surface area contributed by atoms with E-state index in [2.05, 4.69) is 15.7 Å². The summed E-state index contributed by atoms with van der Waals surface area (Å²) in [6, 6.07) is 6.26. The number of aromatic nitrogens is 2. The minimum atomic E-state index is -0.435. The van der Waals surface area contributed by atoms with Gasteiger partial charge in [-0.2, -0.15) is 5.10 Å². The largest absolute Gasteiger partial charge is 0.338 e. The van der Waals surface area contributed by atoms with Gasteiger partial charge in [-0.05, 0) is 25.8 Å². The van der Waals surface area contributed by atoms with Crippen molar-refractivity contribution in [3.63, 3.8) is 0 Å². The average molecular weight is 317 g/mol. The molecule has 2 rings (SSSR count). The molecular weight excluding hydrogens is 298 g/mol. The van der Waals surface area contributed by atoms with Crippen LogP contribution in [-0.2, 0) is 6.42 Å². The highest BCUT2D eigenvalue weighted by atomic mass is 16.6. The fourth-order valence-corrected chi connectivity index (χ4v) is 2.01. The topological polar surface area (TPSA) is 102 Å². The maximum atomic E-state index is 11.8. The molecule has 0 atom stereocenters. The molecule has 0 radical (unpaired) electrons. The van der Waals surface area contributed by atoms with Crippen LogP contribution in [0.2, 0.25) is 0 Å². The molecule has 1 aromatic carbocycles. The van der Waals surface area contributed by atoms with Crippen LogP contribution in [0.15, 0.2) is 36.7 Å². The van der Waals surface area contributed by atoms with Crippen LogP contribution in [0.1, 0.15) is 25.5 Å². The van der Waals surface area contributed by atoms with Crippen LogP contribution in [-0.4, -0.2) is 27.3 Å². The minimum absolute atomic E-state index is 0.0491. The van der Waals surface area contributed by atoms with E-state index in [1.54, 1.807) is 29.2 Å². The Balaban J connectivity index is 1.80. The Hall–Kier alpha value is -2.90. The summed E-state index contributed by atoms with van der Waals surface area (Å²) in [4.78, 5) is 22.1. The Morgan fingerprint density at radius 3 is 2.87 bits per heavy atom. The van der Waals surface area contributed by atoms with E-state index in [9.17, 15) is 14.9 Å². The number of carbonyl (C=O) groups is 1. The second-order valence-corrected chi connectivity index (χ2v) is 5.36. The molecule has 0 fully saturated rings. The average Bonchev–Trinajstić information content (AvgIpc) is 2.96. The third-order valence-corrected chi connectivity index (χ3v) is 3.21. The molecule has 0 saturated carbocycles. The molecule has 0 aliphatic carbocycles. The fourth-order valence-electron chi connectivity index (χ4n) is 2.01. The molecule has 8 nitrogen and oxygen atoms in total. The highest BCUT2D eigenvalue weighted by molar-refractivity contribution is 5.88. The van der Waals surface area contributed by atoms with Crippen LogP contribution in [0.5, 0.6) is 0 Å². The molecule has 122 valence electrons. The van der Waals surface area contributed by atoms with Crippen LogP contribution in [0, 0.1) is 10.1 Å². The van der Waals surface area contributed by atoms with Gasteiger partial charge in [0, 0.05) is 30.9 Å². The predicted octanol–water partition coefficient (Wildman–Crippen LogP) is 2.74. The first-order chi connectivity index (χ1) is 11.0. The van der Waals surface area contributed by atoms with Crippen molar-refractivity contribution in [1.82, 2.24) is 15.1 Å². The van der Waals surface area contributed by atoms with Gasteiger partial charge in [-0.1, -0.05) is 12.1 Å². The summed E-state index contributed by atoms with van der Waals surface area (Å²) >= 11 is 0. The highest BCUT2D eigenvalue weighted by Crippen LogP contribution is 2.13. The number of hydrogen-bond donors (Lipinski definition) is 2. The Kier molecular flexibility index (Phi) is 5.29. The zero-order valence-corrected chi connectivity index (χ0v) is 13.0. The molecule has 0 aliphatic heterocycles. The number of nitro groups is 1. The summed E-state index contributed by atoms with van der Waals surface area (Å²) in [7, 11) is 0. The number of hydrogen-bond acceptors (Lipinski definition) is 4. The van der Waals surface area contributed by atoms with Crippen LogP contribution in [0.25, 0.3) is 0 Å². The van der Waals surface area contributed by atoms with E-state index in [1.165, 1.54) is 12.1 Å². The van der Waals surface area contributed by atoms with Crippen molar-refractivity contribution < 1.29 is 9.72 Å². The number of rotatable bonds is 6. The van der Waals surface area contributed by atoms with Crippen molar-refractivity contribution in [2.75, 3.05) is 11.9 Å². The van der Waals surface area contributed by atoms with Gasteiger partial charge in [-0.15, -0.1) is 0 Å². The second-order valence-electron chi connectivity index (χ2n) is 5.36. The lowest BCUT2D eigenvalue weighted by atomic mass is 10.1. The molecule has 0 spiro atoms. The van der Waals surface area contributed by atoms with E-state index < -0.39 is 4.92 Å². The number of nitrogens with zero attached hydrogens (tertiary/aromatic N) is 3. The van der Waals surface area contributed by atoms with E-state index in [-0.39, 0.29) is 17.8 Å². The van der Waals surface area contributed by atoms with Crippen LogP contribution < -0.4 is 10.6 Å². The van der Waals surface area contributed by atoms with Gasteiger partial charge < -0.3 is 10.6 Å². The first-order valence-corrected chi connectivity index (χ1v) is 7.28. The van der Waals surface area contributed by atoms with E-state index in [4.69, 9.17) is 0 Å². The first kappa shape index (κ1) is 16.5. The molecule has 0 unspecified atom stereocenters. The molecule has 0 aliphatic rings. The van der Waals surface area contributed by atoms with Gasteiger partial charge in [-0.25, -0.2) is 4.79 Å². The summed E-state index contributed by atoms with van der Waals surface area (Å²) in [5.41, 5.74) is 1.46. The van der Waals surface area contributed by atoms with Crippen LogP contribution in [0.3, 0.4) is 0 Å². The molecule has 23 heavy (non-hydrogen) atoms. The Bertz CT molecular complexity index is 696. The first-order valence-electron chi connectivity index (χ1n) is 7.28. The monoisotopic (exact) mass is 317 g/mol. The number of benzene rings is 1. The summed E-state index contributed by atoms with van der Waals surface area (Å²) in [5, 5.41) is 20.2. The third kappa shape index (κ3) is 4.80. The van der Waals surface area contributed by atoms with Crippen molar-refractivity contribution in [2.45, 2.75) is 26.3 Å². The lowest BCUT2D eigenvalue weighted by Gasteiger charge is -2.06. The lowest BCUT2D eigenvalue weighted by Crippen LogP contribution is -2.30. The maximum absolute atomic E-state index is 11.8. The molecule has 1 heterocycles. The summed E-state index contributed by atoms with van der Waals surface area (Å²) in [6.07, 6.45) is 3.85. The zero-order chi connectivity index (χ0) is 16.8. The molecule has 2 aromatic rings. The van der Waals surface area contributed by atoms with E-state index in [0.29, 0.717) is 18.7 Å². The van der Waals surface area contributed by atoms with Crippen LogP contribution in [0.4, 0.5) is 16.2 Å². The van der Waals surface area contributed by atoms with Crippen molar-refractivity contribution in [3.05, 3.63) is 52.3 Å². The normalized spacial score (nSPS) is 10.6. The van der Waals surface area contributed by atoms with Gasteiger partial charge in [0.1, 0.15) is 0 Å². The number of non-ortho nitro benzene ring substituents is 1. The highest BCUT2D eigenvalue weighted by Gasteiger charge is 2.07. The van der Waals surface area contributed by atoms with Gasteiger partial charge in [0.05, 0.1) is 16.8 Å². The molecule has 1 aromatic heterocycles. The van der Waals surface area contributed by atoms with E-state index in [0.717, 1.165) is 5.56 Å². The number of anilines is 1. The smallest absolute Gasteiger partial charge is 0.319 e. The van der Waals surface area contributed by atoms with Crippen molar-refractivity contribution in [3.8, 4) is 0 Å². The Labute approximate surface area is 133 Å². The third-order valence-electron chi connectivity index (χ3n) is 3.21.